The molecule has 0 unspecified atom stereocenters. The third-order valence-corrected chi connectivity index (χ3v) is 2.57. The highest BCUT2D eigenvalue weighted by molar-refractivity contribution is 6.33. The van der Waals surface area contributed by atoms with Crippen LogP contribution in [0.2, 0.25) is 5.02 Å². The lowest BCUT2D eigenvalue weighted by molar-refractivity contribution is 0.112. The number of hydrogen-bond acceptors (Lipinski definition) is 1. The Morgan fingerprint density at radius 1 is 1.12 bits per heavy atom. The van der Waals surface area contributed by atoms with Gasteiger partial charge in [0.25, 0.3) is 0 Å². The molecule has 0 saturated heterocycles. The van der Waals surface area contributed by atoms with Crippen LogP contribution in [0.15, 0.2) is 42.5 Å². The SMILES string of the molecule is O=Cc1cc(F)cc(-c2ccccc2Cl)c1. The van der Waals surface area contributed by atoms with Gasteiger partial charge in [0.05, 0.1) is 0 Å². The monoisotopic (exact) mass is 234 g/mol. The molecule has 0 fully saturated rings. The Hall–Kier alpha value is -1.67. The first-order valence-corrected chi connectivity index (χ1v) is 5.09. The molecular weight excluding hydrogens is 227 g/mol. The van der Waals surface area contributed by atoms with Gasteiger partial charge in [0.15, 0.2) is 0 Å². The number of carbonyl (C=O) groups excluding carboxylic acids is 1. The lowest BCUT2D eigenvalue weighted by Gasteiger charge is -2.05. The van der Waals surface area contributed by atoms with Crippen molar-refractivity contribution in [3.05, 3.63) is 58.9 Å². The van der Waals surface area contributed by atoms with Crippen LogP contribution in [0.5, 0.6) is 0 Å². The molecule has 0 heterocycles. The van der Waals surface area contributed by atoms with E-state index in [9.17, 15) is 9.18 Å². The molecule has 0 aliphatic carbocycles. The summed E-state index contributed by atoms with van der Waals surface area (Å²) in [5.74, 6) is -0.445. The molecule has 0 bridgehead atoms. The number of carbonyl (C=O) groups is 1. The fourth-order valence-corrected chi connectivity index (χ4v) is 1.78. The quantitative estimate of drug-likeness (QED) is 0.719. The standard InChI is InChI=1S/C13H8ClFO/c14-13-4-2-1-3-12(13)10-5-9(8-16)6-11(15)7-10/h1-8H. The van der Waals surface area contributed by atoms with Crippen molar-refractivity contribution in [3.63, 3.8) is 0 Å². The summed E-state index contributed by atoms with van der Waals surface area (Å²) in [7, 11) is 0. The van der Waals surface area contributed by atoms with Gasteiger partial charge in [-0.3, -0.25) is 4.79 Å². The molecule has 3 heteroatoms. The van der Waals surface area contributed by atoms with E-state index in [1.807, 2.05) is 6.07 Å². The van der Waals surface area contributed by atoms with E-state index in [4.69, 9.17) is 11.6 Å². The highest BCUT2D eigenvalue weighted by Gasteiger charge is 2.05. The van der Waals surface area contributed by atoms with Crippen molar-refractivity contribution in [1.29, 1.82) is 0 Å². The summed E-state index contributed by atoms with van der Waals surface area (Å²) in [5, 5.41) is 0.532. The Morgan fingerprint density at radius 2 is 1.88 bits per heavy atom. The molecule has 0 N–H and O–H groups in total. The van der Waals surface area contributed by atoms with E-state index in [-0.39, 0.29) is 0 Å². The van der Waals surface area contributed by atoms with Crippen LogP contribution in [0.1, 0.15) is 10.4 Å². The minimum atomic E-state index is -0.445. The van der Waals surface area contributed by atoms with Crippen molar-refractivity contribution in [2.45, 2.75) is 0 Å². The molecular formula is C13H8ClFO. The second kappa shape index (κ2) is 4.45. The maximum absolute atomic E-state index is 13.2. The first-order chi connectivity index (χ1) is 7.70. The van der Waals surface area contributed by atoms with Crippen LogP contribution < -0.4 is 0 Å². The summed E-state index contributed by atoms with van der Waals surface area (Å²) in [6.45, 7) is 0. The zero-order chi connectivity index (χ0) is 11.5. The third-order valence-electron chi connectivity index (χ3n) is 2.24. The largest absolute Gasteiger partial charge is 0.298 e. The second-order valence-corrected chi connectivity index (χ2v) is 3.78. The zero-order valence-corrected chi connectivity index (χ0v) is 9.04. The Morgan fingerprint density at radius 3 is 2.56 bits per heavy atom. The van der Waals surface area contributed by atoms with E-state index in [0.717, 1.165) is 0 Å². The fourth-order valence-electron chi connectivity index (χ4n) is 1.53. The molecule has 2 aromatic carbocycles. The molecule has 0 saturated carbocycles. The van der Waals surface area contributed by atoms with Crippen LogP contribution in [0.4, 0.5) is 4.39 Å². The number of halogens is 2. The molecule has 16 heavy (non-hydrogen) atoms. The van der Waals surface area contributed by atoms with E-state index in [0.29, 0.717) is 28.0 Å². The molecule has 2 rings (SSSR count). The lowest BCUT2D eigenvalue weighted by Crippen LogP contribution is -1.87. The third kappa shape index (κ3) is 2.12. The van der Waals surface area contributed by atoms with Gasteiger partial charge in [-0.1, -0.05) is 29.8 Å². The van der Waals surface area contributed by atoms with Gasteiger partial charge in [0.2, 0.25) is 0 Å². The zero-order valence-electron chi connectivity index (χ0n) is 8.28. The fraction of sp³-hybridized carbons (Fsp3) is 0. The Bertz CT molecular complexity index is 537. The smallest absolute Gasteiger partial charge is 0.150 e. The molecule has 0 radical (unpaired) electrons. The Balaban J connectivity index is 2.60. The van der Waals surface area contributed by atoms with E-state index in [1.165, 1.54) is 12.1 Å². The number of benzene rings is 2. The van der Waals surface area contributed by atoms with Gasteiger partial charge in [-0.2, -0.15) is 0 Å². The van der Waals surface area contributed by atoms with Gasteiger partial charge < -0.3 is 0 Å². The average Bonchev–Trinajstić information content (AvgIpc) is 2.28. The summed E-state index contributed by atoms with van der Waals surface area (Å²) in [4.78, 5) is 10.6. The van der Waals surface area contributed by atoms with Crippen LogP contribution in [0.25, 0.3) is 11.1 Å². The molecule has 0 amide bonds. The van der Waals surface area contributed by atoms with Crippen molar-refractivity contribution in [1.82, 2.24) is 0 Å². The summed E-state index contributed by atoms with van der Waals surface area (Å²) in [6.07, 6.45) is 0.615. The summed E-state index contributed by atoms with van der Waals surface area (Å²) < 4.78 is 13.2. The average molecular weight is 235 g/mol. The number of rotatable bonds is 2. The summed E-state index contributed by atoms with van der Waals surface area (Å²) >= 11 is 6.00. The normalized spacial score (nSPS) is 10.1. The Kier molecular flexibility index (Phi) is 3.02. The molecule has 80 valence electrons. The van der Waals surface area contributed by atoms with Gasteiger partial charge in [-0.25, -0.2) is 4.39 Å². The van der Waals surface area contributed by atoms with E-state index in [1.54, 1.807) is 24.3 Å². The predicted octanol–water partition coefficient (Wildman–Crippen LogP) is 3.96. The van der Waals surface area contributed by atoms with E-state index in [2.05, 4.69) is 0 Å². The van der Waals surface area contributed by atoms with Gasteiger partial charge in [-0.05, 0) is 29.8 Å². The van der Waals surface area contributed by atoms with Gasteiger partial charge >= 0.3 is 0 Å². The van der Waals surface area contributed by atoms with Crippen LogP contribution in [0, 0.1) is 5.82 Å². The van der Waals surface area contributed by atoms with Gasteiger partial charge in [0.1, 0.15) is 12.1 Å². The van der Waals surface area contributed by atoms with Crippen molar-refractivity contribution < 1.29 is 9.18 Å². The minimum Gasteiger partial charge on any atom is -0.298 e. The maximum Gasteiger partial charge on any atom is 0.150 e. The molecule has 0 aliphatic heterocycles. The molecule has 1 nitrogen and oxygen atoms in total. The van der Waals surface area contributed by atoms with Crippen molar-refractivity contribution in [2.24, 2.45) is 0 Å². The number of aldehydes is 1. The molecule has 2 aromatic rings. The van der Waals surface area contributed by atoms with E-state index < -0.39 is 5.82 Å². The van der Waals surface area contributed by atoms with Crippen LogP contribution in [-0.2, 0) is 0 Å². The first-order valence-electron chi connectivity index (χ1n) is 4.71. The minimum absolute atomic E-state index is 0.301. The highest BCUT2D eigenvalue weighted by atomic mass is 35.5. The molecule has 0 aliphatic rings. The van der Waals surface area contributed by atoms with Crippen LogP contribution in [0.3, 0.4) is 0 Å². The number of hydrogen-bond donors (Lipinski definition) is 0. The maximum atomic E-state index is 13.2. The van der Waals surface area contributed by atoms with E-state index >= 15 is 0 Å². The Labute approximate surface area is 97.5 Å². The van der Waals surface area contributed by atoms with Crippen LogP contribution in [-0.4, -0.2) is 6.29 Å². The van der Waals surface area contributed by atoms with Crippen molar-refractivity contribution in [2.75, 3.05) is 0 Å². The predicted molar refractivity (Wildman–Crippen MR) is 62.2 cm³/mol. The summed E-state index contributed by atoms with van der Waals surface area (Å²) in [5.41, 5.74) is 1.62. The molecule has 0 spiro atoms. The van der Waals surface area contributed by atoms with Gasteiger partial charge in [0, 0.05) is 16.1 Å². The topological polar surface area (TPSA) is 17.1 Å². The van der Waals surface area contributed by atoms with Crippen molar-refractivity contribution >= 4 is 17.9 Å². The van der Waals surface area contributed by atoms with Crippen molar-refractivity contribution in [3.8, 4) is 11.1 Å². The molecule has 0 aromatic heterocycles. The first kappa shape index (κ1) is 10.8. The van der Waals surface area contributed by atoms with Gasteiger partial charge in [-0.15, -0.1) is 0 Å². The highest BCUT2D eigenvalue weighted by Crippen LogP contribution is 2.28. The lowest BCUT2D eigenvalue weighted by atomic mass is 10.0. The molecule has 0 atom stereocenters. The second-order valence-electron chi connectivity index (χ2n) is 3.37. The van der Waals surface area contributed by atoms with Crippen LogP contribution >= 0.6 is 11.6 Å². The summed E-state index contributed by atoms with van der Waals surface area (Å²) in [6, 6.07) is 11.3.